The van der Waals surface area contributed by atoms with Gasteiger partial charge in [-0.15, -0.1) is 0 Å². The molecule has 0 radical (unpaired) electrons. The van der Waals surface area contributed by atoms with Crippen molar-refractivity contribution >= 4 is 34.4 Å². The van der Waals surface area contributed by atoms with Gasteiger partial charge in [0.15, 0.2) is 0 Å². The van der Waals surface area contributed by atoms with Crippen molar-refractivity contribution < 1.29 is 23.8 Å². The summed E-state index contributed by atoms with van der Waals surface area (Å²) >= 11 is 0. The molecular weight excluding hydrogens is 551 g/mol. The van der Waals surface area contributed by atoms with Gasteiger partial charge in [0.25, 0.3) is 0 Å². The van der Waals surface area contributed by atoms with Crippen LogP contribution in [0, 0.1) is 24.1 Å². The van der Waals surface area contributed by atoms with Crippen LogP contribution in [0.5, 0.6) is 11.6 Å². The van der Waals surface area contributed by atoms with Gasteiger partial charge in [-0.05, 0) is 80.3 Å². The number of likely N-dealkylation sites (tertiary alicyclic amines) is 1. The first-order chi connectivity index (χ1) is 20.8. The third-order valence-electron chi connectivity index (χ3n) is 8.87. The Labute approximate surface area is 247 Å². The Morgan fingerprint density at radius 2 is 1.93 bits per heavy atom. The number of nitrogens with one attached hydrogen (secondary N) is 2. The standard InChI is InChI=1S/C32H31FN6O4/c1-18-6-7-20-21(8-9-24(33)26(20)38-28(40)23-16-32(23)11-12-32)27(18)43-29-22(5-2-13-34-29)25-10-14-35-30(37-25)36-19-4-3-15-39(17-19)31(41)42/h2,5-10,13-14,19,23H,3-4,11-12,15-17H2,1H3,(H,38,40)(H,41,42)(H,35,36,37). The Balaban J connectivity index is 1.17. The summed E-state index contributed by atoms with van der Waals surface area (Å²) in [5.41, 5.74) is 2.34. The molecule has 43 heavy (non-hydrogen) atoms. The van der Waals surface area contributed by atoms with Crippen molar-refractivity contribution in [2.75, 3.05) is 23.7 Å². The number of anilines is 2. The fourth-order valence-electron chi connectivity index (χ4n) is 6.16. The molecule has 3 N–H and O–H groups in total. The van der Waals surface area contributed by atoms with Crippen molar-refractivity contribution in [1.29, 1.82) is 0 Å². The zero-order valence-electron chi connectivity index (χ0n) is 23.6. The topological polar surface area (TPSA) is 130 Å². The third-order valence-corrected chi connectivity index (χ3v) is 8.87. The highest BCUT2D eigenvalue weighted by Gasteiger charge is 2.65. The van der Waals surface area contributed by atoms with Crippen molar-refractivity contribution in [3.63, 3.8) is 0 Å². The lowest BCUT2D eigenvalue weighted by atomic mass is 10.0. The summed E-state index contributed by atoms with van der Waals surface area (Å²) in [5, 5.41) is 16.7. The van der Waals surface area contributed by atoms with Crippen LogP contribution in [0.1, 0.15) is 37.7 Å². The first-order valence-corrected chi connectivity index (χ1v) is 14.5. The molecule has 3 fully saturated rings. The monoisotopic (exact) mass is 582 g/mol. The number of carboxylic acid groups (broad SMARTS) is 1. The van der Waals surface area contributed by atoms with Crippen LogP contribution in [-0.2, 0) is 4.79 Å². The summed E-state index contributed by atoms with van der Waals surface area (Å²) in [6.45, 7) is 2.77. The van der Waals surface area contributed by atoms with E-state index in [1.165, 1.54) is 11.0 Å². The van der Waals surface area contributed by atoms with Gasteiger partial charge in [0.2, 0.25) is 17.7 Å². The molecule has 10 nitrogen and oxygen atoms in total. The number of carbonyl (C=O) groups excluding carboxylic acids is 1. The van der Waals surface area contributed by atoms with Gasteiger partial charge >= 0.3 is 6.09 Å². The smallest absolute Gasteiger partial charge is 0.407 e. The number of ether oxygens (including phenoxy) is 1. The van der Waals surface area contributed by atoms with Crippen LogP contribution < -0.4 is 15.4 Å². The van der Waals surface area contributed by atoms with Gasteiger partial charge in [0.1, 0.15) is 11.6 Å². The van der Waals surface area contributed by atoms with Gasteiger partial charge in [0.05, 0.1) is 16.9 Å². The number of benzene rings is 2. The van der Waals surface area contributed by atoms with Crippen molar-refractivity contribution in [2.45, 2.75) is 45.1 Å². The Hall–Kier alpha value is -4.80. The van der Waals surface area contributed by atoms with E-state index in [2.05, 4.69) is 25.6 Å². The number of amides is 2. The molecule has 2 unspecified atom stereocenters. The number of aryl methyl sites for hydroxylation is 1. The average molecular weight is 583 g/mol. The molecule has 7 rings (SSSR count). The average Bonchev–Trinajstić information content (AvgIpc) is 3.94. The molecule has 4 aromatic rings. The molecule has 1 saturated heterocycles. The minimum Gasteiger partial charge on any atom is -0.465 e. The number of halogens is 1. The highest BCUT2D eigenvalue weighted by atomic mass is 19.1. The quantitative estimate of drug-likeness (QED) is 0.234. The van der Waals surface area contributed by atoms with Crippen LogP contribution in [0.15, 0.2) is 54.9 Å². The van der Waals surface area contributed by atoms with Crippen LogP contribution in [-0.4, -0.2) is 56.1 Å². The number of hydrogen-bond donors (Lipinski definition) is 3. The molecule has 2 atom stereocenters. The molecular formula is C32H31FN6O4. The Morgan fingerprint density at radius 3 is 2.72 bits per heavy atom. The number of rotatable bonds is 7. The van der Waals surface area contributed by atoms with Crippen molar-refractivity contribution in [1.82, 2.24) is 19.9 Å². The second-order valence-corrected chi connectivity index (χ2v) is 11.8. The van der Waals surface area contributed by atoms with Gasteiger partial charge in [-0.3, -0.25) is 4.79 Å². The molecule has 2 amide bonds. The van der Waals surface area contributed by atoms with Crippen LogP contribution in [0.4, 0.5) is 20.8 Å². The number of nitrogens with zero attached hydrogens (tertiary/aromatic N) is 4. The molecule has 2 saturated carbocycles. The fourth-order valence-corrected chi connectivity index (χ4v) is 6.16. The number of hydrogen-bond acceptors (Lipinski definition) is 7. The largest absolute Gasteiger partial charge is 0.465 e. The van der Waals surface area contributed by atoms with Gasteiger partial charge < -0.3 is 25.4 Å². The zero-order valence-corrected chi connectivity index (χ0v) is 23.6. The number of piperidine rings is 1. The minimum absolute atomic E-state index is 0.0409. The molecule has 11 heteroatoms. The van der Waals surface area contributed by atoms with Gasteiger partial charge in [-0.25, -0.2) is 24.1 Å². The maximum Gasteiger partial charge on any atom is 0.407 e. The van der Waals surface area contributed by atoms with Gasteiger partial charge in [-0.2, -0.15) is 0 Å². The lowest BCUT2D eigenvalue weighted by Gasteiger charge is -2.31. The summed E-state index contributed by atoms with van der Waals surface area (Å²) in [6.07, 6.45) is 6.90. The molecule has 2 aromatic carbocycles. The summed E-state index contributed by atoms with van der Waals surface area (Å²) in [7, 11) is 0. The Kier molecular flexibility index (Phi) is 6.60. The SMILES string of the molecule is Cc1ccc2c(NC(=O)C3CC34CC4)c(F)ccc2c1Oc1ncccc1-c1ccnc(NC2CCCN(C(=O)O)C2)n1. The van der Waals surface area contributed by atoms with E-state index in [-0.39, 0.29) is 29.0 Å². The predicted molar refractivity (Wildman–Crippen MR) is 159 cm³/mol. The summed E-state index contributed by atoms with van der Waals surface area (Å²) in [6, 6.07) is 11.9. The number of aromatic nitrogens is 3. The minimum atomic E-state index is -0.936. The van der Waals surface area contributed by atoms with E-state index in [0.717, 1.165) is 37.7 Å². The fraction of sp³-hybridized carbons (Fsp3) is 0.344. The highest BCUT2D eigenvalue weighted by molar-refractivity contribution is 6.06. The maximum atomic E-state index is 15.1. The van der Waals surface area contributed by atoms with E-state index in [4.69, 9.17) is 4.74 Å². The van der Waals surface area contributed by atoms with E-state index in [9.17, 15) is 14.7 Å². The molecule has 2 aromatic heterocycles. The van der Waals surface area contributed by atoms with E-state index >= 15 is 4.39 Å². The number of pyridine rings is 1. The molecule has 1 aliphatic heterocycles. The van der Waals surface area contributed by atoms with Crippen LogP contribution in [0.3, 0.4) is 0 Å². The molecule has 2 aliphatic carbocycles. The van der Waals surface area contributed by atoms with E-state index < -0.39 is 11.9 Å². The third kappa shape index (κ3) is 5.19. The molecule has 220 valence electrons. The normalized spacial score (nSPS) is 20.1. The van der Waals surface area contributed by atoms with E-state index in [0.29, 0.717) is 52.7 Å². The maximum absolute atomic E-state index is 15.1. The van der Waals surface area contributed by atoms with E-state index in [1.54, 1.807) is 36.7 Å². The Morgan fingerprint density at radius 1 is 1.09 bits per heavy atom. The first kappa shape index (κ1) is 27.1. The van der Waals surface area contributed by atoms with Crippen LogP contribution >= 0.6 is 0 Å². The summed E-state index contributed by atoms with van der Waals surface area (Å²) in [4.78, 5) is 39.3. The van der Waals surface area contributed by atoms with Gasteiger partial charge in [-0.1, -0.05) is 12.1 Å². The summed E-state index contributed by atoms with van der Waals surface area (Å²) < 4.78 is 21.5. The van der Waals surface area contributed by atoms with Gasteiger partial charge in [0, 0.05) is 48.2 Å². The zero-order chi connectivity index (χ0) is 29.7. The number of carbonyl (C=O) groups is 2. The Bertz CT molecular complexity index is 1760. The first-order valence-electron chi connectivity index (χ1n) is 14.5. The molecule has 3 heterocycles. The van der Waals surface area contributed by atoms with E-state index in [1.807, 2.05) is 19.1 Å². The number of fused-ring (bicyclic) bond motifs is 1. The lowest BCUT2D eigenvalue weighted by Crippen LogP contribution is -2.44. The van der Waals surface area contributed by atoms with Crippen molar-refractivity contribution in [2.24, 2.45) is 11.3 Å². The van der Waals surface area contributed by atoms with Crippen molar-refractivity contribution in [3.05, 3.63) is 66.2 Å². The van der Waals surface area contributed by atoms with Crippen LogP contribution in [0.2, 0.25) is 0 Å². The second kappa shape index (κ2) is 10.5. The van der Waals surface area contributed by atoms with Crippen LogP contribution in [0.25, 0.3) is 22.0 Å². The molecule has 1 spiro atoms. The predicted octanol–water partition coefficient (Wildman–Crippen LogP) is 6.22. The summed E-state index contributed by atoms with van der Waals surface area (Å²) in [5.74, 6) is 0.523. The molecule has 3 aliphatic rings. The second-order valence-electron chi connectivity index (χ2n) is 11.8. The van der Waals surface area contributed by atoms with Crippen molar-refractivity contribution in [3.8, 4) is 22.9 Å². The molecule has 0 bridgehead atoms. The lowest BCUT2D eigenvalue weighted by molar-refractivity contribution is -0.117. The highest BCUT2D eigenvalue weighted by Crippen LogP contribution is 2.70.